The lowest BCUT2D eigenvalue weighted by atomic mass is 9.74. The van der Waals surface area contributed by atoms with Crippen molar-refractivity contribution in [3.63, 3.8) is 0 Å². The van der Waals surface area contributed by atoms with Crippen LogP contribution in [0.1, 0.15) is 35.2 Å². The Bertz CT molecular complexity index is 410. The van der Waals surface area contributed by atoms with Gasteiger partial charge in [0.1, 0.15) is 0 Å². The number of halogens is 1. The fourth-order valence-electron chi connectivity index (χ4n) is 3.04. The Morgan fingerprint density at radius 2 is 1.81 bits per heavy atom. The van der Waals surface area contributed by atoms with E-state index < -0.39 is 0 Å². The molecule has 1 N–H and O–H groups in total. The van der Waals surface area contributed by atoms with Crippen LogP contribution in [0.3, 0.4) is 0 Å². The third-order valence-electron chi connectivity index (χ3n) is 3.86. The molecule has 1 fully saturated rings. The highest BCUT2D eigenvalue weighted by molar-refractivity contribution is 6.02. The van der Waals surface area contributed by atoms with Gasteiger partial charge in [0.15, 0.2) is 5.78 Å². The number of Topliss-reactive ketones (excluding diaryl/α,β-unsaturated/α-hetero) is 1. The molecule has 0 radical (unpaired) electrons. The van der Waals surface area contributed by atoms with E-state index in [0.717, 1.165) is 37.9 Å². The molecule has 1 aliphatic heterocycles. The summed E-state index contributed by atoms with van der Waals surface area (Å²) in [7, 11) is 0. The second-order valence-electron chi connectivity index (χ2n) is 4.68. The van der Waals surface area contributed by atoms with Gasteiger partial charge in [-0.3, -0.25) is 4.79 Å². The number of hydrogen-bond acceptors (Lipinski definition) is 2. The predicted octanol–water partition coefficient (Wildman–Crippen LogP) is 2.32. The van der Waals surface area contributed by atoms with Crippen molar-refractivity contribution >= 4 is 18.2 Å². The van der Waals surface area contributed by atoms with Gasteiger partial charge in [0.25, 0.3) is 0 Å². The predicted molar refractivity (Wildman–Crippen MR) is 66.4 cm³/mol. The number of fused-ring (bicyclic) bond motifs is 2. The second-order valence-corrected chi connectivity index (χ2v) is 4.68. The third kappa shape index (κ3) is 1.57. The monoisotopic (exact) mass is 237 g/mol. The van der Waals surface area contributed by atoms with Crippen LogP contribution in [0.5, 0.6) is 0 Å². The highest BCUT2D eigenvalue weighted by Crippen LogP contribution is 2.44. The van der Waals surface area contributed by atoms with E-state index >= 15 is 0 Å². The van der Waals surface area contributed by atoms with Crippen molar-refractivity contribution in [3.05, 3.63) is 35.4 Å². The number of carbonyl (C=O) groups excluding carboxylic acids is 1. The molecule has 16 heavy (non-hydrogen) atoms. The van der Waals surface area contributed by atoms with Crippen molar-refractivity contribution in [2.45, 2.75) is 24.7 Å². The molecule has 0 saturated carbocycles. The first kappa shape index (κ1) is 11.6. The number of ketones is 1. The number of benzene rings is 1. The Hall–Kier alpha value is -0.860. The Labute approximate surface area is 102 Å². The van der Waals surface area contributed by atoms with E-state index in [1.165, 1.54) is 5.56 Å². The minimum Gasteiger partial charge on any atom is -0.317 e. The zero-order valence-electron chi connectivity index (χ0n) is 9.16. The van der Waals surface area contributed by atoms with Crippen molar-refractivity contribution in [3.8, 4) is 0 Å². The van der Waals surface area contributed by atoms with E-state index in [1.54, 1.807) is 0 Å². The highest BCUT2D eigenvalue weighted by atomic mass is 35.5. The number of piperidine rings is 1. The van der Waals surface area contributed by atoms with Crippen LogP contribution >= 0.6 is 12.4 Å². The fourth-order valence-corrected chi connectivity index (χ4v) is 3.04. The van der Waals surface area contributed by atoms with Gasteiger partial charge in [-0.2, -0.15) is 0 Å². The van der Waals surface area contributed by atoms with Crippen LogP contribution in [0, 0.1) is 0 Å². The molecule has 0 unspecified atom stereocenters. The van der Waals surface area contributed by atoms with Crippen LogP contribution in [0.25, 0.3) is 0 Å². The maximum atomic E-state index is 11.9. The summed E-state index contributed by atoms with van der Waals surface area (Å²) in [4.78, 5) is 11.9. The Kier molecular flexibility index (Phi) is 3.04. The van der Waals surface area contributed by atoms with Gasteiger partial charge in [-0.1, -0.05) is 24.3 Å². The minimum absolute atomic E-state index is 0. The van der Waals surface area contributed by atoms with Crippen LogP contribution < -0.4 is 5.32 Å². The molecule has 1 aromatic carbocycles. The van der Waals surface area contributed by atoms with Gasteiger partial charge in [0, 0.05) is 17.4 Å². The maximum absolute atomic E-state index is 11.9. The normalized spacial score (nSPS) is 21.6. The van der Waals surface area contributed by atoms with Crippen molar-refractivity contribution in [2.24, 2.45) is 0 Å². The van der Waals surface area contributed by atoms with E-state index in [1.807, 2.05) is 12.1 Å². The maximum Gasteiger partial charge on any atom is 0.164 e. The van der Waals surface area contributed by atoms with Gasteiger partial charge in [0.05, 0.1) is 0 Å². The van der Waals surface area contributed by atoms with Gasteiger partial charge >= 0.3 is 0 Å². The summed E-state index contributed by atoms with van der Waals surface area (Å²) in [6.07, 6.45) is 2.94. The summed E-state index contributed by atoms with van der Waals surface area (Å²) < 4.78 is 0. The molecular formula is C13H16ClNO. The molecule has 1 spiro atoms. The van der Waals surface area contributed by atoms with E-state index in [2.05, 4.69) is 17.4 Å². The first-order chi connectivity index (χ1) is 7.32. The molecule has 3 rings (SSSR count). The molecule has 86 valence electrons. The van der Waals surface area contributed by atoms with Gasteiger partial charge in [-0.05, 0) is 31.5 Å². The summed E-state index contributed by atoms with van der Waals surface area (Å²) in [5, 5.41) is 3.37. The van der Waals surface area contributed by atoms with Gasteiger partial charge < -0.3 is 5.32 Å². The van der Waals surface area contributed by atoms with Crippen molar-refractivity contribution in [2.75, 3.05) is 13.1 Å². The molecule has 3 heteroatoms. The van der Waals surface area contributed by atoms with E-state index in [4.69, 9.17) is 0 Å². The fraction of sp³-hybridized carbons (Fsp3) is 0.462. The Morgan fingerprint density at radius 3 is 2.56 bits per heavy atom. The number of hydrogen-bond donors (Lipinski definition) is 1. The molecule has 1 saturated heterocycles. The quantitative estimate of drug-likeness (QED) is 0.750. The molecule has 2 nitrogen and oxygen atoms in total. The average molecular weight is 238 g/mol. The number of nitrogens with one attached hydrogen (secondary N) is 1. The van der Waals surface area contributed by atoms with Crippen LogP contribution in [0.4, 0.5) is 0 Å². The minimum atomic E-state index is 0. The van der Waals surface area contributed by atoms with Crippen LogP contribution in [0.2, 0.25) is 0 Å². The first-order valence-corrected chi connectivity index (χ1v) is 5.65. The topological polar surface area (TPSA) is 29.1 Å². The van der Waals surface area contributed by atoms with Crippen LogP contribution in [0.15, 0.2) is 24.3 Å². The third-order valence-corrected chi connectivity index (χ3v) is 3.86. The van der Waals surface area contributed by atoms with Gasteiger partial charge in [-0.15, -0.1) is 12.4 Å². The lowest BCUT2D eigenvalue weighted by molar-refractivity contribution is 0.0964. The Balaban J connectivity index is 0.000000963. The van der Waals surface area contributed by atoms with E-state index in [-0.39, 0.29) is 17.8 Å². The lowest BCUT2D eigenvalue weighted by Gasteiger charge is -2.34. The Morgan fingerprint density at radius 1 is 1.12 bits per heavy atom. The van der Waals surface area contributed by atoms with Gasteiger partial charge in [0.2, 0.25) is 0 Å². The van der Waals surface area contributed by atoms with Crippen molar-refractivity contribution in [1.82, 2.24) is 5.32 Å². The summed E-state index contributed by atoms with van der Waals surface area (Å²) in [6.45, 7) is 2.09. The molecule has 1 heterocycles. The molecular weight excluding hydrogens is 222 g/mol. The summed E-state index contributed by atoms with van der Waals surface area (Å²) in [5.41, 5.74) is 2.44. The van der Waals surface area contributed by atoms with Crippen molar-refractivity contribution in [1.29, 1.82) is 0 Å². The second kappa shape index (κ2) is 4.19. The molecule has 0 bridgehead atoms. The van der Waals surface area contributed by atoms with Crippen LogP contribution in [-0.4, -0.2) is 18.9 Å². The summed E-state index contributed by atoms with van der Waals surface area (Å²) in [5.74, 6) is 0.340. The van der Waals surface area contributed by atoms with Gasteiger partial charge in [-0.25, -0.2) is 0 Å². The number of rotatable bonds is 0. The van der Waals surface area contributed by atoms with E-state index in [0.29, 0.717) is 5.78 Å². The first-order valence-electron chi connectivity index (χ1n) is 5.65. The molecule has 0 atom stereocenters. The lowest BCUT2D eigenvalue weighted by Crippen LogP contribution is -2.38. The molecule has 0 amide bonds. The highest BCUT2D eigenvalue weighted by Gasteiger charge is 2.43. The summed E-state index contributed by atoms with van der Waals surface area (Å²) in [6, 6.07) is 8.15. The van der Waals surface area contributed by atoms with Crippen molar-refractivity contribution < 1.29 is 4.79 Å². The zero-order chi connectivity index (χ0) is 10.3. The summed E-state index contributed by atoms with van der Waals surface area (Å²) >= 11 is 0. The SMILES string of the molecule is Cl.O=C1CC2(CCNCC2)c2ccccc21. The molecule has 1 aliphatic carbocycles. The molecule has 0 aromatic heterocycles. The molecule has 1 aromatic rings. The van der Waals surface area contributed by atoms with Crippen LogP contribution in [-0.2, 0) is 5.41 Å². The van der Waals surface area contributed by atoms with E-state index in [9.17, 15) is 4.79 Å². The average Bonchev–Trinajstić information content (AvgIpc) is 2.55. The molecule has 2 aliphatic rings. The standard InChI is InChI=1S/C13H15NO.ClH/c15-12-9-13(5-7-14-8-6-13)11-4-2-1-3-10(11)12;/h1-4,14H,5-9H2;1H. The number of carbonyl (C=O) groups is 1. The largest absolute Gasteiger partial charge is 0.317 e. The zero-order valence-corrected chi connectivity index (χ0v) is 9.98. The smallest absolute Gasteiger partial charge is 0.164 e.